The Morgan fingerprint density at radius 1 is 0.688 bits per heavy atom. The minimum absolute atomic E-state index is 0.119. The van der Waals surface area contributed by atoms with Gasteiger partial charge >= 0.3 is 0 Å². The van der Waals surface area contributed by atoms with Crippen LogP contribution in [0.1, 0.15) is 99.3 Å². The van der Waals surface area contributed by atoms with Gasteiger partial charge in [-0.15, -0.1) is 0 Å². The van der Waals surface area contributed by atoms with Crippen molar-refractivity contribution in [2.24, 2.45) is 52.4 Å². The van der Waals surface area contributed by atoms with E-state index < -0.39 is 35.4 Å². The Morgan fingerprint density at radius 3 is 1.85 bits per heavy atom. The lowest BCUT2D eigenvalue weighted by Gasteiger charge is -2.61. The van der Waals surface area contributed by atoms with E-state index in [1.54, 1.807) is 0 Å². The molecule has 8 heterocycles. The molecule has 11 rings (SSSR count). The maximum absolute atomic E-state index is 7.14. The van der Waals surface area contributed by atoms with Crippen LogP contribution in [-0.2, 0) is 38.5 Å². The van der Waals surface area contributed by atoms with Gasteiger partial charge in [-0.1, -0.05) is 45.9 Å². The second-order valence-corrected chi connectivity index (χ2v) is 17.1. The first-order valence-electron chi connectivity index (χ1n) is 18.8. The van der Waals surface area contributed by atoms with Gasteiger partial charge in [0.15, 0.2) is 23.8 Å². The fourth-order valence-corrected chi connectivity index (χ4v) is 11.6. The zero-order chi connectivity index (χ0) is 33.1. The highest BCUT2D eigenvalue weighted by Gasteiger charge is 2.71. The van der Waals surface area contributed by atoms with Gasteiger partial charge in [0.05, 0.1) is 17.5 Å². The summed E-state index contributed by atoms with van der Waals surface area (Å²) in [5.74, 6) is 0.769. The number of hydrogen-bond donors (Lipinski definition) is 1. The maximum Gasteiger partial charge on any atom is 0.201 e. The summed E-state index contributed by atoms with van der Waals surface area (Å²) < 4.78 is 27.7. The average molecular weight is 667 g/mol. The van der Waals surface area contributed by atoms with E-state index >= 15 is 0 Å². The van der Waals surface area contributed by atoms with Gasteiger partial charge in [0, 0.05) is 31.1 Å². The second-order valence-electron chi connectivity index (χ2n) is 17.1. The van der Waals surface area contributed by atoms with Gasteiger partial charge in [-0.3, -0.25) is 5.43 Å². The molecular formula is C38H54N2O8. The largest absolute Gasteiger partial charge is 0.345 e. The van der Waals surface area contributed by atoms with Crippen molar-refractivity contribution < 1.29 is 38.5 Å². The fraction of sp³-hybridized carbons (Fsp3) is 0.816. The predicted octanol–water partition coefficient (Wildman–Crippen LogP) is 7.35. The van der Waals surface area contributed by atoms with E-state index in [4.69, 9.17) is 43.6 Å². The number of anilines is 1. The van der Waals surface area contributed by atoms with Gasteiger partial charge < -0.3 is 18.9 Å². The first kappa shape index (κ1) is 32.3. The molecule has 10 aliphatic rings. The van der Waals surface area contributed by atoms with Gasteiger partial charge in [0.1, 0.15) is 6.10 Å². The summed E-state index contributed by atoms with van der Waals surface area (Å²) in [5.41, 5.74) is 4.02. The van der Waals surface area contributed by atoms with Gasteiger partial charge in [0.2, 0.25) is 11.6 Å². The quantitative estimate of drug-likeness (QED) is 0.197. The Hall–Kier alpha value is -1.63. The van der Waals surface area contributed by atoms with Crippen LogP contribution in [0.4, 0.5) is 5.69 Å². The van der Waals surface area contributed by atoms with Gasteiger partial charge in [-0.25, -0.2) is 19.6 Å². The summed E-state index contributed by atoms with van der Waals surface area (Å²) in [6.45, 7) is 13.3. The molecule has 0 aromatic heterocycles. The van der Waals surface area contributed by atoms with Crippen molar-refractivity contribution in [2.45, 2.75) is 147 Å². The van der Waals surface area contributed by atoms with E-state index in [1.807, 2.05) is 44.2 Å². The molecule has 0 radical (unpaired) electrons. The van der Waals surface area contributed by atoms with E-state index in [1.165, 1.54) is 6.42 Å². The molecule has 2 aliphatic carbocycles. The van der Waals surface area contributed by atoms with Crippen LogP contribution in [0.3, 0.4) is 0 Å². The molecule has 10 heteroatoms. The number of nitrogens with one attached hydrogen (secondary N) is 1. The number of para-hydroxylation sites is 1. The number of hydrogen-bond acceptors (Lipinski definition) is 10. The fourth-order valence-electron chi connectivity index (χ4n) is 11.6. The highest BCUT2D eigenvalue weighted by Crippen LogP contribution is 2.63. The Labute approximate surface area is 284 Å². The molecule has 0 unspecified atom stereocenters. The van der Waals surface area contributed by atoms with Crippen molar-refractivity contribution in [3.63, 3.8) is 0 Å². The molecule has 4 bridgehead atoms. The van der Waals surface area contributed by atoms with E-state index in [0.717, 1.165) is 56.3 Å². The van der Waals surface area contributed by atoms with Crippen molar-refractivity contribution in [3.05, 3.63) is 30.3 Å². The Kier molecular flexibility index (Phi) is 7.69. The molecule has 1 N–H and O–H groups in total. The molecule has 264 valence electrons. The summed E-state index contributed by atoms with van der Waals surface area (Å²) in [6.07, 6.45) is 7.14. The number of fused-ring (bicyclic) bond motifs is 4. The molecule has 8 saturated heterocycles. The molecule has 8 aliphatic heterocycles. The molecule has 0 amide bonds. The first-order valence-corrected chi connectivity index (χ1v) is 18.8. The Balaban J connectivity index is 1.07. The molecular weight excluding hydrogens is 612 g/mol. The van der Waals surface area contributed by atoms with E-state index in [2.05, 4.69) is 33.1 Å². The molecule has 10 nitrogen and oxygen atoms in total. The highest BCUT2D eigenvalue weighted by atomic mass is 17.3. The topological polar surface area (TPSA) is 98.2 Å². The van der Waals surface area contributed by atoms with Crippen molar-refractivity contribution in [2.75, 3.05) is 5.43 Å². The van der Waals surface area contributed by atoms with Crippen molar-refractivity contribution in [1.29, 1.82) is 0 Å². The van der Waals surface area contributed by atoms with Crippen LogP contribution in [0.2, 0.25) is 0 Å². The van der Waals surface area contributed by atoms with Gasteiger partial charge in [0.25, 0.3) is 0 Å². The molecule has 48 heavy (non-hydrogen) atoms. The Morgan fingerprint density at radius 2 is 1.25 bits per heavy atom. The number of rotatable bonds is 5. The summed E-state index contributed by atoms with van der Waals surface area (Å²) in [7, 11) is 0. The third kappa shape index (κ3) is 4.69. The smallest absolute Gasteiger partial charge is 0.201 e. The van der Waals surface area contributed by atoms with E-state index in [-0.39, 0.29) is 35.9 Å². The molecule has 2 saturated carbocycles. The first-order chi connectivity index (χ1) is 23.1. The van der Waals surface area contributed by atoms with Crippen molar-refractivity contribution >= 4 is 11.4 Å². The monoisotopic (exact) mass is 666 g/mol. The van der Waals surface area contributed by atoms with Crippen molar-refractivity contribution in [3.8, 4) is 0 Å². The minimum Gasteiger partial charge on any atom is -0.345 e. The summed E-state index contributed by atoms with van der Waals surface area (Å²) in [4.78, 5) is 25.1. The van der Waals surface area contributed by atoms with E-state index in [9.17, 15) is 0 Å². The lowest BCUT2D eigenvalue weighted by Crippen LogP contribution is -2.71. The molecule has 1 aromatic carbocycles. The lowest BCUT2D eigenvalue weighted by atomic mass is 9.56. The van der Waals surface area contributed by atoms with Crippen LogP contribution in [0.15, 0.2) is 35.4 Å². The highest BCUT2D eigenvalue weighted by molar-refractivity contribution is 5.90. The van der Waals surface area contributed by atoms with Crippen LogP contribution in [0, 0.1) is 47.3 Å². The maximum atomic E-state index is 7.14. The summed E-state index contributed by atoms with van der Waals surface area (Å²) >= 11 is 0. The SMILES string of the molecule is C[C@H]1[C@@H](/C(C[C@H]2O[C@@H]3O[C@@]4(C)CC[C@H]5[C@H](C)CC[C@@H]([C@H]2C)[C@@]35OO4)=N\Nc2ccccc2)O[C@@H]2O[C@@]3(C)CC[C@H]4[C@H](C)CC[C@@H]1[C@@]24OO3. The van der Waals surface area contributed by atoms with Crippen LogP contribution in [0.5, 0.6) is 0 Å². The normalized spacial score (nSPS) is 54.1. The predicted molar refractivity (Wildman–Crippen MR) is 176 cm³/mol. The van der Waals surface area contributed by atoms with Crippen LogP contribution in [-0.4, -0.2) is 53.3 Å². The zero-order valence-electron chi connectivity index (χ0n) is 29.4. The van der Waals surface area contributed by atoms with Crippen LogP contribution >= 0.6 is 0 Å². The molecule has 2 spiro atoms. The summed E-state index contributed by atoms with van der Waals surface area (Å²) in [5, 5.41) is 5.17. The molecule has 1 aromatic rings. The average Bonchev–Trinajstić information content (AvgIpc) is 3.45. The van der Waals surface area contributed by atoms with Gasteiger partial charge in [-0.05, 0) is 100 Å². The number of nitrogens with zero attached hydrogens (tertiary/aromatic N) is 1. The van der Waals surface area contributed by atoms with Crippen LogP contribution < -0.4 is 5.43 Å². The van der Waals surface area contributed by atoms with Gasteiger partial charge in [-0.2, -0.15) is 5.10 Å². The molecule has 10 fully saturated rings. The third-order valence-electron chi connectivity index (χ3n) is 14.3. The standard InChI is InChI=1S/C38H54N2O8/c1-21-12-14-28-23(3)31(41-33-37(28)26(21)16-18-35(5,43-33)45-47-37)20-30(40-39-25-10-8-7-9-11-25)32-24(4)29-15-13-22(2)27-17-19-36(6)44-34(42-32)38(27,29)48-46-36/h7-11,21-24,26-29,31-34,39H,12-20H2,1-6H3/b40-30-/t21-,22-,23-,24-,26+,27+,28+,29+,31-,32+,33-,34-,35-,36-,37-,38-/m1/s1. The lowest BCUT2D eigenvalue weighted by molar-refractivity contribution is -0.571. The minimum atomic E-state index is -0.833. The molecule has 16 atom stereocenters. The second kappa shape index (κ2) is 11.4. The van der Waals surface area contributed by atoms with E-state index in [0.29, 0.717) is 30.1 Å². The Bertz CT molecular complexity index is 1410. The number of ether oxygens (including phenoxy) is 4. The third-order valence-corrected chi connectivity index (χ3v) is 14.3. The summed E-state index contributed by atoms with van der Waals surface area (Å²) in [6, 6.07) is 10.1. The number of hydrazone groups is 1. The number of benzene rings is 1. The zero-order valence-corrected chi connectivity index (χ0v) is 29.4. The van der Waals surface area contributed by atoms with Crippen molar-refractivity contribution in [1.82, 2.24) is 0 Å². The van der Waals surface area contributed by atoms with Crippen LogP contribution in [0.25, 0.3) is 0 Å².